The molecule has 26 heavy (non-hydrogen) atoms. The number of hydrogen-bond acceptors (Lipinski definition) is 6. The van der Waals surface area contributed by atoms with Gasteiger partial charge in [-0.05, 0) is 44.7 Å². The first kappa shape index (κ1) is 19.3. The van der Waals surface area contributed by atoms with E-state index in [9.17, 15) is 9.59 Å². The van der Waals surface area contributed by atoms with Crippen LogP contribution in [0.2, 0.25) is 0 Å². The average molecular weight is 380 g/mol. The number of carbonyl (C=O) groups excluding carboxylic acids is 2. The maximum atomic E-state index is 12.6. The molecule has 0 unspecified atom stereocenters. The molecule has 1 fully saturated rings. The van der Waals surface area contributed by atoms with Crippen LogP contribution in [0.25, 0.3) is 0 Å². The summed E-state index contributed by atoms with van der Waals surface area (Å²) in [6, 6.07) is 0. The summed E-state index contributed by atoms with van der Waals surface area (Å²) in [6.45, 7) is 8.51. The molecule has 1 atom stereocenters. The van der Waals surface area contributed by atoms with Gasteiger partial charge in [-0.1, -0.05) is 6.92 Å². The summed E-state index contributed by atoms with van der Waals surface area (Å²) in [5.74, 6) is 0.256. The fourth-order valence-electron chi connectivity index (χ4n) is 3.63. The van der Waals surface area contributed by atoms with Gasteiger partial charge in [0.15, 0.2) is 0 Å². The minimum Gasteiger partial charge on any atom is -0.462 e. The molecule has 1 aromatic rings. The molecule has 1 saturated heterocycles. The minimum absolute atomic E-state index is 0.0493. The van der Waals surface area contributed by atoms with E-state index in [1.165, 1.54) is 4.88 Å². The van der Waals surface area contributed by atoms with Crippen LogP contribution >= 0.6 is 11.3 Å². The van der Waals surface area contributed by atoms with Crippen molar-refractivity contribution in [2.24, 2.45) is 5.92 Å². The third-order valence-corrected chi connectivity index (χ3v) is 6.38. The summed E-state index contributed by atoms with van der Waals surface area (Å²) in [5, 5.41) is 3.67. The molecule has 0 radical (unpaired) electrons. The molecule has 7 heteroatoms. The highest BCUT2D eigenvalue weighted by Gasteiger charge is 2.29. The van der Waals surface area contributed by atoms with Crippen LogP contribution in [0, 0.1) is 5.92 Å². The fourth-order valence-corrected chi connectivity index (χ4v) is 5.05. The van der Waals surface area contributed by atoms with E-state index >= 15 is 0 Å². The Kier molecular flexibility index (Phi) is 6.32. The van der Waals surface area contributed by atoms with Gasteiger partial charge in [0.2, 0.25) is 5.91 Å². The largest absolute Gasteiger partial charge is 0.462 e. The van der Waals surface area contributed by atoms with Crippen molar-refractivity contribution in [1.29, 1.82) is 0 Å². The molecule has 144 valence electrons. The second-order valence-corrected chi connectivity index (χ2v) is 8.51. The minimum atomic E-state index is -0.311. The second-order valence-electron chi connectivity index (χ2n) is 7.40. The van der Waals surface area contributed by atoms with Crippen LogP contribution in [0.1, 0.15) is 41.1 Å². The lowest BCUT2D eigenvalue weighted by Gasteiger charge is -2.31. The summed E-state index contributed by atoms with van der Waals surface area (Å²) < 4.78 is 5.26. The van der Waals surface area contributed by atoms with E-state index in [2.05, 4.69) is 29.1 Å². The standard InChI is InChI=1S/C19H29N3O3S/c1-4-25-19(24)17-14-6-5-13(2)11-15(14)26-18(17)20-16(23)12-22-9-7-21(3)8-10-22/h13H,4-12H2,1-3H3,(H,20,23)/t13-/m0/s1. The molecule has 3 rings (SSSR count). The number of amides is 1. The lowest BCUT2D eigenvalue weighted by molar-refractivity contribution is -0.117. The van der Waals surface area contributed by atoms with E-state index in [0.717, 1.165) is 51.0 Å². The Morgan fingerprint density at radius 3 is 2.69 bits per heavy atom. The molecule has 2 heterocycles. The molecule has 0 aromatic carbocycles. The zero-order valence-electron chi connectivity index (χ0n) is 16.0. The van der Waals surface area contributed by atoms with Crippen LogP contribution in [0.3, 0.4) is 0 Å². The van der Waals surface area contributed by atoms with Crippen molar-refractivity contribution in [3.8, 4) is 0 Å². The second kappa shape index (κ2) is 8.50. The lowest BCUT2D eigenvalue weighted by atomic mass is 9.88. The van der Waals surface area contributed by atoms with Gasteiger partial charge in [-0.3, -0.25) is 9.69 Å². The van der Waals surface area contributed by atoms with E-state index < -0.39 is 0 Å². The third-order valence-electron chi connectivity index (χ3n) is 5.21. The Morgan fingerprint density at radius 2 is 2.00 bits per heavy atom. The van der Waals surface area contributed by atoms with Crippen molar-refractivity contribution in [3.05, 3.63) is 16.0 Å². The number of nitrogens with one attached hydrogen (secondary N) is 1. The summed E-state index contributed by atoms with van der Waals surface area (Å²) in [4.78, 5) is 30.7. The normalized spacial score (nSPS) is 21.3. The van der Waals surface area contributed by atoms with E-state index in [4.69, 9.17) is 4.74 Å². The zero-order valence-corrected chi connectivity index (χ0v) is 16.8. The Balaban J connectivity index is 1.73. The zero-order chi connectivity index (χ0) is 18.7. The summed E-state index contributed by atoms with van der Waals surface area (Å²) in [6.07, 6.45) is 2.93. The van der Waals surface area contributed by atoms with Gasteiger partial charge < -0.3 is 15.0 Å². The highest BCUT2D eigenvalue weighted by molar-refractivity contribution is 7.17. The van der Waals surface area contributed by atoms with Gasteiger partial charge in [-0.2, -0.15) is 0 Å². The number of carbonyl (C=O) groups is 2. The van der Waals surface area contributed by atoms with E-state index in [1.807, 2.05) is 6.92 Å². The summed E-state index contributed by atoms with van der Waals surface area (Å²) in [5.41, 5.74) is 1.67. The first-order valence-corrected chi connectivity index (χ1v) is 10.3. The molecule has 0 spiro atoms. The van der Waals surface area contributed by atoms with Gasteiger partial charge in [-0.25, -0.2) is 4.79 Å². The number of rotatable bonds is 5. The van der Waals surface area contributed by atoms with Gasteiger partial charge >= 0.3 is 5.97 Å². The van der Waals surface area contributed by atoms with E-state index in [1.54, 1.807) is 11.3 Å². The maximum absolute atomic E-state index is 12.6. The van der Waals surface area contributed by atoms with Crippen LogP contribution in [-0.2, 0) is 22.4 Å². The quantitative estimate of drug-likeness (QED) is 0.795. The van der Waals surface area contributed by atoms with Crippen molar-refractivity contribution >= 4 is 28.2 Å². The van der Waals surface area contributed by atoms with E-state index in [0.29, 0.717) is 29.6 Å². The molecule has 6 nitrogen and oxygen atoms in total. The number of fused-ring (bicyclic) bond motifs is 1. The molecule has 1 aliphatic carbocycles. The molecular formula is C19H29N3O3S. The number of ether oxygens (including phenoxy) is 1. The first-order valence-electron chi connectivity index (χ1n) is 9.50. The number of piperazine rings is 1. The van der Waals surface area contributed by atoms with Crippen LogP contribution in [0.15, 0.2) is 0 Å². The molecule has 1 N–H and O–H groups in total. The van der Waals surface area contributed by atoms with Crippen molar-refractivity contribution in [2.75, 3.05) is 51.7 Å². The number of likely N-dealkylation sites (N-methyl/N-ethyl adjacent to an activating group) is 1. The Bertz CT molecular complexity index is 665. The topological polar surface area (TPSA) is 61.9 Å². The highest BCUT2D eigenvalue weighted by Crippen LogP contribution is 2.40. The molecule has 1 aromatic heterocycles. The van der Waals surface area contributed by atoms with Gasteiger partial charge in [0.05, 0.1) is 18.7 Å². The van der Waals surface area contributed by atoms with Crippen LogP contribution in [-0.4, -0.2) is 68.1 Å². The molecule has 2 aliphatic rings. The number of thiophene rings is 1. The number of esters is 1. The number of nitrogens with zero attached hydrogens (tertiary/aromatic N) is 2. The monoisotopic (exact) mass is 379 g/mol. The van der Waals surface area contributed by atoms with Crippen molar-refractivity contribution in [3.63, 3.8) is 0 Å². The first-order chi connectivity index (χ1) is 12.5. The predicted molar refractivity (Wildman–Crippen MR) is 104 cm³/mol. The Hall–Kier alpha value is -1.44. The number of hydrogen-bond donors (Lipinski definition) is 1. The molecule has 1 aliphatic heterocycles. The molecule has 0 bridgehead atoms. The predicted octanol–water partition coefficient (Wildman–Crippen LogP) is 2.24. The van der Waals surface area contributed by atoms with Crippen molar-refractivity contribution < 1.29 is 14.3 Å². The van der Waals surface area contributed by atoms with Gasteiger partial charge in [0.1, 0.15) is 5.00 Å². The maximum Gasteiger partial charge on any atom is 0.341 e. The third kappa shape index (κ3) is 4.45. The summed E-state index contributed by atoms with van der Waals surface area (Å²) >= 11 is 1.55. The fraction of sp³-hybridized carbons (Fsp3) is 0.684. The Morgan fingerprint density at radius 1 is 1.27 bits per heavy atom. The van der Waals surface area contributed by atoms with E-state index in [-0.39, 0.29) is 11.9 Å². The Labute approximate surface area is 159 Å². The van der Waals surface area contributed by atoms with Crippen LogP contribution in [0.4, 0.5) is 5.00 Å². The van der Waals surface area contributed by atoms with Crippen LogP contribution < -0.4 is 5.32 Å². The smallest absolute Gasteiger partial charge is 0.341 e. The van der Waals surface area contributed by atoms with Gasteiger partial charge in [0, 0.05) is 31.1 Å². The molecule has 1 amide bonds. The number of anilines is 1. The van der Waals surface area contributed by atoms with Crippen molar-refractivity contribution in [2.45, 2.75) is 33.1 Å². The van der Waals surface area contributed by atoms with Gasteiger partial charge in [0.25, 0.3) is 0 Å². The molecular weight excluding hydrogens is 350 g/mol. The molecule has 0 saturated carbocycles. The average Bonchev–Trinajstić information content (AvgIpc) is 2.93. The summed E-state index contributed by atoms with van der Waals surface area (Å²) in [7, 11) is 2.10. The highest BCUT2D eigenvalue weighted by atomic mass is 32.1. The van der Waals surface area contributed by atoms with Crippen LogP contribution in [0.5, 0.6) is 0 Å². The SMILES string of the molecule is CCOC(=O)c1c(NC(=O)CN2CCN(C)CC2)sc2c1CC[C@H](C)C2. The lowest BCUT2D eigenvalue weighted by Crippen LogP contribution is -2.47. The van der Waals surface area contributed by atoms with Gasteiger partial charge in [-0.15, -0.1) is 11.3 Å². The van der Waals surface area contributed by atoms with Crippen molar-refractivity contribution in [1.82, 2.24) is 9.80 Å².